The summed E-state index contributed by atoms with van der Waals surface area (Å²) in [6, 6.07) is 48.5. The Hall–Kier alpha value is -4.20. The normalized spacial score (nSPS) is 11.4. The van der Waals surface area contributed by atoms with E-state index in [0.717, 1.165) is 0 Å². The maximum Gasteiger partial charge on any atom is 0.0355 e. The average molecular weight is 463 g/mol. The summed E-state index contributed by atoms with van der Waals surface area (Å²) in [4.78, 5) is 2.60. The molecule has 0 aliphatic carbocycles. The Morgan fingerprint density at radius 2 is 0.943 bits per heavy atom. The van der Waals surface area contributed by atoms with Gasteiger partial charge in [0.25, 0.3) is 0 Å². The van der Waals surface area contributed by atoms with Gasteiger partial charge in [-0.2, -0.15) is 0 Å². The predicted octanol–water partition coefficient (Wildman–Crippen LogP) is 10.2. The molecule has 0 N–H and O–H groups in total. The Morgan fingerprint density at radius 3 is 1.80 bits per heavy atom. The van der Waals surface area contributed by atoms with Crippen LogP contribution in [-0.4, -0.2) is 0 Å². The highest BCUT2D eigenvalue weighted by Crippen LogP contribution is 2.38. The first kappa shape index (κ1) is 20.2. The van der Waals surface area contributed by atoms with E-state index in [9.17, 15) is 0 Å². The molecule has 0 aliphatic heterocycles. The van der Waals surface area contributed by atoms with Gasteiger partial charge >= 0.3 is 0 Å². The van der Waals surface area contributed by atoms with Crippen LogP contribution in [0.15, 0.2) is 133 Å². The smallest absolute Gasteiger partial charge is 0.0355 e. The number of hydrogen-bond acceptors (Lipinski definition) is 1. The van der Waals surface area contributed by atoms with Crippen molar-refractivity contribution in [2.75, 3.05) is 0 Å². The largest absolute Gasteiger partial charge is 0.135 e. The van der Waals surface area contributed by atoms with Crippen LogP contribution < -0.4 is 0 Å². The second kappa shape index (κ2) is 8.23. The number of thiophene rings is 1. The van der Waals surface area contributed by atoms with Crippen LogP contribution in [0.1, 0.15) is 0 Å². The molecule has 0 bridgehead atoms. The van der Waals surface area contributed by atoms with E-state index in [1.807, 2.05) is 11.3 Å². The van der Waals surface area contributed by atoms with Crippen molar-refractivity contribution in [1.82, 2.24) is 0 Å². The lowest BCUT2D eigenvalue weighted by Gasteiger charge is -2.08. The topological polar surface area (TPSA) is 0 Å². The summed E-state index contributed by atoms with van der Waals surface area (Å²) >= 11 is 1.86. The molecule has 0 nitrogen and oxygen atoms in total. The first-order valence-electron chi connectivity index (χ1n) is 11.9. The molecule has 1 heteroatoms. The lowest BCUT2D eigenvalue weighted by molar-refractivity contribution is 1.64. The molecule has 164 valence electrons. The zero-order valence-corrected chi connectivity index (χ0v) is 19.9. The van der Waals surface area contributed by atoms with Gasteiger partial charge in [0, 0.05) is 9.75 Å². The Morgan fingerprint density at radius 1 is 0.343 bits per heavy atom. The van der Waals surface area contributed by atoms with Gasteiger partial charge < -0.3 is 0 Å². The van der Waals surface area contributed by atoms with Gasteiger partial charge in [0.05, 0.1) is 0 Å². The third-order valence-corrected chi connectivity index (χ3v) is 8.08. The zero-order valence-electron chi connectivity index (χ0n) is 19.1. The molecule has 7 aromatic rings. The third-order valence-electron chi connectivity index (χ3n) is 6.91. The van der Waals surface area contributed by atoms with E-state index in [4.69, 9.17) is 0 Å². The van der Waals surface area contributed by atoms with E-state index < -0.39 is 0 Å². The molecule has 0 fully saturated rings. The Bertz CT molecular complexity index is 1830. The Labute approximate surface area is 208 Å². The highest BCUT2D eigenvalue weighted by Gasteiger charge is 2.09. The Balaban J connectivity index is 1.22. The van der Waals surface area contributed by atoms with E-state index in [0.29, 0.717) is 0 Å². The average Bonchev–Trinajstić information content (AvgIpc) is 3.43. The molecule has 6 aromatic carbocycles. The van der Waals surface area contributed by atoms with Gasteiger partial charge in [0.1, 0.15) is 0 Å². The first-order chi connectivity index (χ1) is 17.3. The molecule has 0 aliphatic rings. The molecular weight excluding hydrogens is 440 g/mol. The third kappa shape index (κ3) is 3.53. The summed E-state index contributed by atoms with van der Waals surface area (Å²) < 4.78 is 0. The van der Waals surface area contributed by atoms with Gasteiger partial charge in [-0.15, -0.1) is 11.3 Å². The molecule has 0 amide bonds. The van der Waals surface area contributed by atoms with Crippen molar-refractivity contribution in [3.8, 4) is 32.0 Å². The molecule has 0 saturated carbocycles. The van der Waals surface area contributed by atoms with Gasteiger partial charge in [-0.25, -0.2) is 0 Å². The van der Waals surface area contributed by atoms with Gasteiger partial charge in [0.15, 0.2) is 0 Å². The highest BCUT2D eigenvalue weighted by molar-refractivity contribution is 7.18. The molecule has 1 heterocycles. The van der Waals surface area contributed by atoms with Crippen molar-refractivity contribution in [3.63, 3.8) is 0 Å². The minimum Gasteiger partial charge on any atom is -0.135 e. The SMILES string of the molecule is c1ccc2c(-c3ccc(-c4ccc(-c5ccc6c(ccc7ccccc76)c5)cc4)s3)cccc2c1. The molecule has 1 aromatic heterocycles. The van der Waals surface area contributed by atoms with Gasteiger partial charge in [0.2, 0.25) is 0 Å². The fraction of sp³-hybridized carbons (Fsp3) is 0. The standard InChI is InChI=1S/C34H22S/c1-4-10-30-24(6-1)8-5-11-32(30)34-21-20-33(35-34)26-15-12-23(13-16-26)27-18-19-31-28(22-27)17-14-25-7-2-3-9-29(25)31/h1-22H. The fourth-order valence-corrected chi connectivity index (χ4v) is 6.15. The molecule has 7 rings (SSSR count). The van der Waals surface area contributed by atoms with E-state index in [2.05, 4.69) is 133 Å². The summed E-state index contributed by atoms with van der Waals surface area (Å²) in [5.74, 6) is 0. The lowest BCUT2D eigenvalue weighted by atomic mass is 9.97. The monoisotopic (exact) mass is 462 g/mol. The molecule has 0 unspecified atom stereocenters. The summed E-state index contributed by atoms with van der Waals surface area (Å²) in [5, 5.41) is 7.78. The van der Waals surface area contributed by atoms with Crippen LogP contribution in [0.2, 0.25) is 0 Å². The minimum atomic E-state index is 1.25. The van der Waals surface area contributed by atoms with E-state index in [1.54, 1.807) is 0 Å². The zero-order chi connectivity index (χ0) is 23.2. The van der Waals surface area contributed by atoms with Crippen LogP contribution in [0.5, 0.6) is 0 Å². The van der Waals surface area contributed by atoms with E-state index >= 15 is 0 Å². The molecule has 0 radical (unpaired) electrons. The van der Waals surface area contributed by atoms with Crippen LogP contribution in [0.3, 0.4) is 0 Å². The van der Waals surface area contributed by atoms with Crippen molar-refractivity contribution >= 4 is 43.7 Å². The van der Waals surface area contributed by atoms with Crippen molar-refractivity contribution in [2.24, 2.45) is 0 Å². The van der Waals surface area contributed by atoms with Gasteiger partial charge in [-0.3, -0.25) is 0 Å². The second-order valence-electron chi connectivity index (χ2n) is 8.99. The quantitative estimate of drug-likeness (QED) is 0.229. The van der Waals surface area contributed by atoms with Crippen LogP contribution in [0.4, 0.5) is 0 Å². The number of hydrogen-bond donors (Lipinski definition) is 0. The number of rotatable bonds is 3. The lowest BCUT2D eigenvalue weighted by Crippen LogP contribution is -1.82. The summed E-state index contributed by atoms with van der Waals surface area (Å²) in [5.41, 5.74) is 5.06. The van der Waals surface area contributed by atoms with Crippen molar-refractivity contribution in [1.29, 1.82) is 0 Å². The van der Waals surface area contributed by atoms with Crippen LogP contribution >= 0.6 is 11.3 Å². The molecule has 0 spiro atoms. The summed E-state index contributed by atoms with van der Waals surface area (Å²) in [6.45, 7) is 0. The number of fused-ring (bicyclic) bond motifs is 4. The summed E-state index contributed by atoms with van der Waals surface area (Å²) in [6.07, 6.45) is 0. The van der Waals surface area contributed by atoms with Crippen LogP contribution in [0.25, 0.3) is 64.3 Å². The van der Waals surface area contributed by atoms with Crippen molar-refractivity contribution in [3.05, 3.63) is 133 Å². The highest BCUT2D eigenvalue weighted by atomic mass is 32.1. The first-order valence-corrected chi connectivity index (χ1v) is 12.8. The van der Waals surface area contributed by atoms with E-state index in [1.165, 1.54) is 64.3 Å². The van der Waals surface area contributed by atoms with Gasteiger partial charge in [-0.1, -0.05) is 115 Å². The maximum absolute atomic E-state index is 2.31. The predicted molar refractivity (Wildman–Crippen MR) is 153 cm³/mol. The molecule has 0 atom stereocenters. The van der Waals surface area contributed by atoms with Crippen molar-refractivity contribution in [2.45, 2.75) is 0 Å². The van der Waals surface area contributed by atoms with Crippen LogP contribution in [0, 0.1) is 0 Å². The Kier molecular flexibility index (Phi) is 4.75. The second-order valence-corrected chi connectivity index (χ2v) is 10.1. The number of benzene rings is 6. The fourth-order valence-electron chi connectivity index (χ4n) is 5.10. The molecule has 35 heavy (non-hydrogen) atoms. The van der Waals surface area contributed by atoms with Crippen molar-refractivity contribution < 1.29 is 0 Å². The van der Waals surface area contributed by atoms with E-state index in [-0.39, 0.29) is 0 Å². The molecule has 0 saturated heterocycles. The van der Waals surface area contributed by atoms with Gasteiger partial charge in [-0.05, 0) is 72.8 Å². The molecular formula is C34H22S. The summed E-state index contributed by atoms with van der Waals surface area (Å²) in [7, 11) is 0. The van der Waals surface area contributed by atoms with Crippen LogP contribution in [-0.2, 0) is 0 Å². The maximum atomic E-state index is 2.31. The minimum absolute atomic E-state index is 1.25.